The van der Waals surface area contributed by atoms with Crippen LogP contribution in [0.5, 0.6) is 0 Å². The first-order valence-electron chi connectivity index (χ1n) is 7.68. The summed E-state index contributed by atoms with van der Waals surface area (Å²) in [5.41, 5.74) is -0.924. The van der Waals surface area contributed by atoms with Gasteiger partial charge < -0.3 is 4.42 Å². The van der Waals surface area contributed by atoms with E-state index < -0.39 is 17.3 Å². The van der Waals surface area contributed by atoms with Gasteiger partial charge in [-0.05, 0) is 13.8 Å². The van der Waals surface area contributed by atoms with Crippen LogP contribution < -0.4 is 11.2 Å². The standard InChI is InChI=1S/C16H20N4O4/c1-8(9(2)21)20-13(22)11-12(18(6)15(20)23)17-14-19(11)7-10(24-14)16(3,4)5/h7-8H,1-6H3. The number of fused-ring (bicyclic) bond motifs is 3. The summed E-state index contributed by atoms with van der Waals surface area (Å²) in [6, 6.07) is -0.847. The maximum absolute atomic E-state index is 12.9. The fourth-order valence-electron chi connectivity index (χ4n) is 2.59. The second-order valence-corrected chi connectivity index (χ2v) is 7.09. The third kappa shape index (κ3) is 2.13. The molecule has 0 saturated heterocycles. The van der Waals surface area contributed by atoms with Crippen LogP contribution in [0.3, 0.4) is 0 Å². The topological polar surface area (TPSA) is 91.5 Å². The van der Waals surface area contributed by atoms with E-state index in [4.69, 9.17) is 4.42 Å². The lowest BCUT2D eigenvalue weighted by Crippen LogP contribution is -2.42. The Morgan fingerprint density at radius 3 is 2.46 bits per heavy atom. The summed E-state index contributed by atoms with van der Waals surface area (Å²) < 4.78 is 9.50. The number of rotatable bonds is 2. The molecule has 0 N–H and O–H groups in total. The van der Waals surface area contributed by atoms with E-state index in [2.05, 4.69) is 4.98 Å². The van der Waals surface area contributed by atoms with Crippen molar-refractivity contribution in [2.24, 2.45) is 7.05 Å². The molecule has 3 rings (SSSR count). The quantitative estimate of drug-likeness (QED) is 0.707. The molecule has 0 radical (unpaired) electrons. The fourth-order valence-corrected chi connectivity index (χ4v) is 2.59. The van der Waals surface area contributed by atoms with Gasteiger partial charge in [0.05, 0.1) is 12.2 Å². The van der Waals surface area contributed by atoms with Crippen LogP contribution in [0.15, 0.2) is 20.2 Å². The Bertz CT molecular complexity index is 1090. The average Bonchev–Trinajstić information content (AvgIpc) is 3.01. The number of carbonyl (C=O) groups excluding carboxylic acids is 1. The summed E-state index contributed by atoms with van der Waals surface area (Å²) in [6.07, 6.45) is 1.71. The van der Waals surface area contributed by atoms with Gasteiger partial charge in [0.1, 0.15) is 5.76 Å². The molecular formula is C16H20N4O4. The first-order valence-corrected chi connectivity index (χ1v) is 7.68. The maximum Gasteiger partial charge on any atom is 0.333 e. The summed E-state index contributed by atoms with van der Waals surface area (Å²) >= 11 is 0. The summed E-state index contributed by atoms with van der Waals surface area (Å²) in [6.45, 7) is 8.84. The molecule has 8 heteroatoms. The van der Waals surface area contributed by atoms with Crippen molar-refractivity contribution >= 4 is 22.8 Å². The molecule has 0 saturated carbocycles. The van der Waals surface area contributed by atoms with E-state index in [0.29, 0.717) is 5.76 Å². The van der Waals surface area contributed by atoms with Gasteiger partial charge in [-0.15, -0.1) is 0 Å². The zero-order valence-corrected chi connectivity index (χ0v) is 14.6. The minimum absolute atomic E-state index is 0.222. The van der Waals surface area contributed by atoms with Crippen LogP contribution in [0.1, 0.15) is 46.4 Å². The third-order valence-electron chi connectivity index (χ3n) is 4.25. The molecule has 0 aliphatic rings. The molecule has 0 amide bonds. The second kappa shape index (κ2) is 4.93. The first-order chi connectivity index (χ1) is 11.0. The van der Waals surface area contributed by atoms with E-state index in [1.54, 1.807) is 10.6 Å². The van der Waals surface area contributed by atoms with Gasteiger partial charge >= 0.3 is 11.5 Å². The smallest absolute Gasteiger partial charge is 0.333 e. The molecule has 3 heterocycles. The minimum atomic E-state index is -0.847. The molecule has 0 bridgehead atoms. The van der Waals surface area contributed by atoms with Gasteiger partial charge in [-0.25, -0.2) is 9.36 Å². The van der Waals surface area contributed by atoms with Gasteiger partial charge in [0.2, 0.25) is 0 Å². The Labute approximate surface area is 137 Å². The molecule has 128 valence electrons. The predicted molar refractivity (Wildman–Crippen MR) is 88.6 cm³/mol. The molecule has 1 unspecified atom stereocenters. The number of ketones is 1. The van der Waals surface area contributed by atoms with Crippen molar-refractivity contribution in [3.05, 3.63) is 32.8 Å². The normalized spacial score (nSPS) is 13.8. The van der Waals surface area contributed by atoms with E-state index in [-0.39, 0.29) is 28.2 Å². The predicted octanol–water partition coefficient (Wildman–Crippen LogP) is 1.39. The molecule has 8 nitrogen and oxygen atoms in total. The highest BCUT2D eigenvalue weighted by Crippen LogP contribution is 2.26. The largest absolute Gasteiger partial charge is 0.428 e. The van der Waals surface area contributed by atoms with Crippen LogP contribution in [0.4, 0.5) is 0 Å². The number of oxazole rings is 1. The lowest BCUT2D eigenvalue weighted by atomic mass is 9.94. The number of nitrogens with zero attached hydrogens (tertiary/aromatic N) is 4. The van der Waals surface area contributed by atoms with Gasteiger partial charge in [-0.1, -0.05) is 20.8 Å². The highest BCUT2D eigenvalue weighted by molar-refractivity contribution is 5.80. The highest BCUT2D eigenvalue weighted by Gasteiger charge is 2.26. The van der Waals surface area contributed by atoms with Crippen molar-refractivity contribution < 1.29 is 9.21 Å². The number of imidazole rings is 1. The molecule has 3 aromatic heterocycles. The van der Waals surface area contributed by atoms with Gasteiger partial charge in [-0.2, -0.15) is 4.98 Å². The molecule has 0 aliphatic heterocycles. The van der Waals surface area contributed by atoms with E-state index >= 15 is 0 Å². The minimum Gasteiger partial charge on any atom is -0.428 e. The number of carbonyl (C=O) groups is 1. The van der Waals surface area contributed by atoms with Gasteiger partial charge in [0, 0.05) is 12.5 Å². The van der Waals surface area contributed by atoms with E-state index in [1.165, 1.54) is 25.5 Å². The van der Waals surface area contributed by atoms with Crippen molar-refractivity contribution in [3.63, 3.8) is 0 Å². The number of hydrogen-bond donors (Lipinski definition) is 0. The maximum atomic E-state index is 12.9. The Hall–Kier alpha value is -2.64. The summed E-state index contributed by atoms with van der Waals surface area (Å²) in [4.78, 5) is 41.3. The molecule has 24 heavy (non-hydrogen) atoms. The zero-order valence-electron chi connectivity index (χ0n) is 14.6. The first kappa shape index (κ1) is 16.2. The molecule has 3 aromatic rings. The molecular weight excluding hydrogens is 312 g/mol. The number of aryl methyl sites for hydroxylation is 1. The van der Waals surface area contributed by atoms with Crippen molar-refractivity contribution in [2.45, 2.75) is 46.1 Å². The van der Waals surface area contributed by atoms with Crippen molar-refractivity contribution in [1.29, 1.82) is 0 Å². The molecule has 0 spiro atoms. The third-order valence-corrected chi connectivity index (χ3v) is 4.25. The number of Topliss-reactive ketones (excluding diaryl/α,β-unsaturated/α-hetero) is 1. The van der Waals surface area contributed by atoms with Crippen molar-refractivity contribution in [2.75, 3.05) is 0 Å². The summed E-state index contributed by atoms with van der Waals surface area (Å²) in [5, 5.41) is 0. The van der Waals surface area contributed by atoms with Gasteiger partial charge in [0.25, 0.3) is 5.56 Å². The Balaban J connectivity index is 2.47. The van der Waals surface area contributed by atoms with Crippen LogP contribution >= 0.6 is 0 Å². The SMILES string of the molecule is CC(=O)C(C)n1c(=O)c2c(nc3oc(C(C)(C)C)cn32)n(C)c1=O. The van der Waals surface area contributed by atoms with Gasteiger partial charge in [-0.3, -0.25) is 18.6 Å². The number of aromatic nitrogens is 4. The molecule has 1 atom stereocenters. The van der Waals surface area contributed by atoms with Crippen molar-refractivity contribution in [3.8, 4) is 0 Å². The Kier molecular flexibility index (Phi) is 3.33. The van der Waals surface area contributed by atoms with E-state index in [9.17, 15) is 14.4 Å². The van der Waals surface area contributed by atoms with Crippen LogP contribution in [0.2, 0.25) is 0 Å². The van der Waals surface area contributed by atoms with Crippen molar-refractivity contribution in [1.82, 2.24) is 18.5 Å². The summed E-state index contributed by atoms with van der Waals surface area (Å²) in [5.74, 6) is 0.651. The van der Waals surface area contributed by atoms with E-state index in [1.807, 2.05) is 20.8 Å². The van der Waals surface area contributed by atoms with E-state index in [0.717, 1.165) is 4.57 Å². The van der Waals surface area contributed by atoms with Crippen LogP contribution in [-0.4, -0.2) is 24.3 Å². The highest BCUT2D eigenvalue weighted by atomic mass is 16.4. The second-order valence-electron chi connectivity index (χ2n) is 7.09. The molecule has 0 aromatic carbocycles. The molecule has 0 aliphatic carbocycles. The fraction of sp³-hybridized carbons (Fsp3) is 0.500. The monoisotopic (exact) mass is 332 g/mol. The Morgan fingerprint density at radius 2 is 1.92 bits per heavy atom. The molecule has 0 fully saturated rings. The average molecular weight is 332 g/mol. The Morgan fingerprint density at radius 1 is 1.29 bits per heavy atom. The number of hydrogen-bond acceptors (Lipinski definition) is 5. The van der Waals surface area contributed by atoms with Crippen LogP contribution in [0, 0.1) is 0 Å². The lowest BCUT2D eigenvalue weighted by molar-refractivity contribution is -0.119. The lowest BCUT2D eigenvalue weighted by Gasteiger charge is -2.13. The zero-order chi connectivity index (χ0) is 18.0. The summed E-state index contributed by atoms with van der Waals surface area (Å²) in [7, 11) is 1.52. The van der Waals surface area contributed by atoms with Gasteiger partial charge in [0.15, 0.2) is 16.9 Å². The van der Waals surface area contributed by atoms with Crippen LogP contribution in [-0.2, 0) is 17.3 Å². The van der Waals surface area contributed by atoms with Crippen LogP contribution in [0.25, 0.3) is 17.0 Å².